The highest BCUT2D eigenvalue weighted by atomic mass is 16.3. The van der Waals surface area contributed by atoms with Gasteiger partial charge in [-0.2, -0.15) is 0 Å². The second-order valence-electron chi connectivity index (χ2n) is 4.31. The monoisotopic (exact) mass is 191 g/mol. The first kappa shape index (κ1) is 9.53. The van der Waals surface area contributed by atoms with Crippen molar-refractivity contribution in [1.82, 2.24) is 4.90 Å². The summed E-state index contributed by atoms with van der Waals surface area (Å²) in [6, 6.07) is 5.87. The summed E-state index contributed by atoms with van der Waals surface area (Å²) in [5.74, 6) is 0.968. The van der Waals surface area contributed by atoms with Crippen molar-refractivity contribution in [2.24, 2.45) is 0 Å². The molecule has 1 aromatic carbocycles. The summed E-state index contributed by atoms with van der Waals surface area (Å²) in [7, 11) is 2.13. The molecule has 1 N–H and O–H groups in total. The van der Waals surface area contributed by atoms with Crippen molar-refractivity contribution >= 4 is 0 Å². The zero-order chi connectivity index (χ0) is 10.1. The molecular weight excluding hydrogens is 174 g/mol. The van der Waals surface area contributed by atoms with Gasteiger partial charge in [0, 0.05) is 12.5 Å². The average Bonchev–Trinajstić information content (AvgIpc) is 2.56. The Morgan fingerprint density at radius 3 is 2.86 bits per heavy atom. The molecule has 76 valence electrons. The van der Waals surface area contributed by atoms with Crippen LogP contribution in [0.1, 0.15) is 23.5 Å². The maximum Gasteiger partial charge on any atom is 0.119 e. The Hall–Kier alpha value is -1.02. The molecule has 1 aliphatic heterocycles. The lowest BCUT2D eigenvalue weighted by Gasteiger charge is -2.13. The first-order valence-electron chi connectivity index (χ1n) is 5.15. The molecule has 1 unspecified atom stereocenters. The van der Waals surface area contributed by atoms with E-state index >= 15 is 0 Å². The zero-order valence-electron chi connectivity index (χ0n) is 8.83. The third-order valence-corrected chi connectivity index (χ3v) is 3.01. The van der Waals surface area contributed by atoms with Gasteiger partial charge in [-0.05, 0) is 38.6 Å². The fraction of sp³-hybridized carbons (Fsp3) is 0.500. The number of likely N-dealkylation sites (tertiary alicyclic amines) is 1. The highest BCUT2D eigenvalue weighted by molar-refractivity contribution is 5.38. The highest BCUT2D eigenvalue weighted by Crippen LogP contribution is 2.32. The Bertz CT molecular complexity index is 335. The Balaban J connectivity index is 2.27. The summed E-state index contributed by atoms with van der Waals surface area (Å²) < 4.78 is 0. The van der Waals surface area contributed by atoms with Crippen LogP contribution in [0.25, 0.3) is 0 Å². The van der Waals surface area contributed by atoms with E-state index in [1.54, 1.807) is 0 Å². The number of likely N-dealkylation sites (N-methyl/N-ethyl adjacent to an activating group) is 1. The molecule has 2 nitrogen and oxygen atoms in total. The van der Waals surface area contributed by atoms with E-state index in [4.69, 9.17) is 0 Å². The topological polar surface area (TPSA) is 23.5 Å². The van der Waals surface area contributed by atoms with Crippen LogP contribution in [0.2, 0.25) is 0 Å². The van der Waals surface area contributed by atoms with Gasteiger partial charge < -0.3 is 10.0 Å². The van der Waals surface area contributed by atoms with Crippen molar-refractivity contribution in [3.05, 3.63) is 29.3 Å². The predicted molar refractivity (Wildman–Crippen MR) is 57.7 cm³/mol. The van der Waals surface area contributed by atoms with Gasteiger partial charge in [0.2, 0.25) is 0 Å². The molecule has 0 aliphatic carbocycles. The predicted octanol–water partition coefficient (Wildman–Crippen LogP) is 2.12. The van der Waals surface area contributed by atoms with Gasteiger partial charge in [-0.15, -0.1) is 0 Å². The lowest BCUT2D eigenvalue weighted by atomic mass is 9.96. The molecule has 1 saturated heterocycles. The lowest BCUT2D eigenvalue weighted by Crippen LogP contribution is -2.13. The fourth-order valence-electron chi connectivity index (χ4n) is 2.19. The Morgan fingerprint density at radius 1 is 1.43 bits per heavy atom. The lowest BCUT2D eigenvalue weighted by molar-refractivity contribution is 0.408. The summed E-state index contributed by atoms with van der Waals surface area (Å²) in [6.07, 6.45) is 1.16. The van der Waals surface area contributed by atoms with Crippen LogP contribution >= 0.6 is 0 Å². The van der Waals surface area contributed by atoms with E-state index in [1.165, 1.54) is 5.56 Å². The quantitative estimate of drug-likeness (QED) is 0.735. The largest absolute Gasteiger partial charge is 0.508 e. The summed E-state index contributed by atoms with van der Waals surface area (Å²) >= 11 is 0. The van der Waals surface area contributed by atoms with E-state index in [0.717, 1.165) is 25.1 Å². The first-order valence-corrected chi connectivity index (χ1v) is 5.15. The number of phenols is 1. The molecule has 1 aromatic rings. The Kier molecular flexibility index (Phi) is 2.46. The Labute approximate surface area is 85.2 Å². The van der Waals surface area contributed by atoms with Gasteiger partial charge in [0.1, 0.15) is 5.75 Å². The molecule has 0 bridgehead atoms. The highest BCUT2D eigenvalue weighted by Gasteiger charge is 2.23. The number of rotatable bonds is 1. The molecule has 1 heterocycles. The second-order valence-corrected chi connectivity index (χ2v) is 4.31. The molecule has 1 atom stereocenters. The Morgan fingerprint density at radius 2 is 2.21 bits per heavy atom. The number of hydrogen-bond donors (Lipinski definition) is 1. The van der Waals surface area contributed by atoms with Crippen molar-refractivity contribution < 1.29 is 5.11 Å². The van der Waals surface area contributed by atoms with Crippen molar-refractivity contribution in [2.75, 3.05) is 20.1 Å². The van der Waals surface area contributed by atoms with Gasteiger partial charge in [0.25, 0.3) is 0 Å². The third kappa shape index (κ3) is 1.75. The van der Waals surface area contributed by atoms with E-state index in [-0.39, 0.29) is 0 Å². The zero-order valence-corrected chi connectivity index (χ0v) is 8.83. The minimum atomic E-state index is 0.455. The van der Waals surface area contributed by atoms with Crippen molar-refractivity contribution in [1.29, 1.82) is 0 Å². The van der Waals surface area contributed by atoms with Gasteiger partial charge in [-0.25, -0.2) is 0 Å². The van der Waals surface area contributed by atoms with Crippen LogP contribution in [0.5, 0.6) is 5.75 Å². The molecule has 14 heavy (non-hydrogen) atoms. The average molecular weight is 191 g/mol. The van der Waals surface area contributed by atoms with E-state index in [0.29, 0.717) is 11.7 Å². The van der Waals surface area contributed by atoms with Crippen LogP contribution in [-0.4, -0.2) is 30.1 Å². The summed E-state index contributed by atoms with van der Waals surface area (Å²) in [4.78, 5) is 2.31. The summed E-state index contributed by atoms with van der Waals surface area (Å²) in [5, 5.41) is 9.76. The number of benzene rings is 1. The van der Waals surface area contributed by atoms with Crippen LogP contribution < -0.4 is 0 Å². The van der Waals surface area contributed by atoms with E-state index in [1.807, 2.05) is 12.1 Å². The molecule has 2 rings (SSSR count). The summed E-state index contributed by atoms with van der Waals surface area (Å²) in [6.45, 7) is 4.27. The molecule has 2 heteroatoms. The number of aryl methyl sites for hydroxylation is 1. The minimum absolute atomic E-state index is 0.455. The van der Waals surface area contributed by atoms with E-state index < -0.39 is 0 Å². The minimum Gasteiger partial charge on any atom is -0.508 e. The van der Waals surface area contributed by atoms with Gasteiger partial charge in [0.15, 0.2) is 0 Å². The van der Waals surface area contributed by atoms with Crippen LogP contribution in [0.15, 0.2) is 18.2 Å². The van der Waals surface area contributed by atoms with Crippen molar-refractivity contribution in [3.63, 3.8) is 0 Å². The van der Waals surface area contributed by atoms with Crippen LogP contribution in [-0.2, 0) is 0 Å². The molecule has 0 spiro atoms. The number of phenolic OH excluding ortho intramolecular Hbond substituents is 1. The first-order chi connectivity index (χ1) is 6.66. The standard InChI is InChI=1S/C12H17NO/c1-9-3-4-12(14)11(7-9)10-5-6-13(2)8-10/h3-4,7,10,14H,5-6,8H2,1-2H3. The number of aromatic hydroxyl groups is 1. The molecule has 1 fully saturated rings. The van der Waals surface area contributed by atoms with Gasteiger partial charge in [-0.1, -0.05) is 17.7 Å². The fourth-order valence-corrected chi connectivity index (χ4v) is 2.19. The molecule has 0 amide bonds. The molecule has 0 saturated carbocycles. The normalized spacial score (nSPS) is 22.9. The van der Waals surface area contributed by atoms with Gasteiger partial charge in [0.05, 0.1) is 0 Å². The van der Waals surface area contributed by atoms with Gasteiger partial charge in [-0.3, -0.25) is 0 Å². The van der Waals surface area contributed by atoms with Crippen molar-refractivity contribution in [2.45, 2.75) is 19.3 Å². The van der Waals surface area contributed by atoms with Crippen LogP contribution in [0.3, 0.4) is 0 Å². The SMILES string of the molecule is Cc1ccc(O)c(C2CCN(C)C2)c1. The molecule has 0 aromatic heterocycles. The third-order valence-electron chi connectivity index (χ3n) is 3.01. The van der Waals surface area contributed by atoms with E-state index in [9.17, 15) is 5.11 Å². The van der Waals surface area contributed by atoms with Crippen LogP contribution in [0.4, 0.5) is 0 Å². The smallest absolute Gasteiger partial charge is 0.119 e. The second kappa shape index (κ2) is 3.62. The molecule has 1 aliphatic rings. The summed E-state index contributed by atoms with van der Waals surface area (Å²) in [5.41, 5.74) is 2.35. The van der Waals surface area contributed by atoms with Crippen molar-refractivity contribution in [3.8, 4) is 5.75 Å². The number of hydrogen-bond acceptors (Lipinski definition) is 2. The number of nitrogens with zero attached hydrogens (tertiary/aromatic N) is 1. The van der Waals surface area contributed by atoms with Crippen LogP contribution in [0, 0.1) is 6.92 Å². The maximum atomic E-state index is 9.76. The van der Waals surface area contributed by atoms with E-state index in [2.05, 4.69) is 24.9 Å². The molecular formula is C12H17NO. The molecule has 0 radical (unpaired) electrons. The van der Waals surface area contributed by atoms with Gasteiger partial charge >= 0.3 is 0 Å². The maximum absolute atomic E-state index is 9.76.